The van der Waals surface area contributed by atoms with Crippen LogP contribution in [0.15, 0.2) is 30.3 Å². The number of likely N-dealkylation sites (N-methyl/N-ethyl adjacent to an activating group) is 1. The van der Waals surface area contributed by atoms with E-state index in [1.807, 2.05) is 63.2 Å². The van der Waals surface area contributed by atoms with Crippen LogP contribution in [0.3, 0.4) is 0 Å². The van der Waals surface area contributed by atoms with Crippen LogP contribution in [0.1, 0.15) is 100 Å². The van der Waals surface area contributed by atoms with E-state index in [4.69, 9.17) is 37.9 Å². The number of cyclic esters (lactones) is 1. The molecule has 5 N–H and O–H groups in total. The number of hydrogen-bond donors (Lipinski definition) is 5. The molecule has 3 fully saturated rings. The lowest BCUT2D eigenvalue weighted by Gasteiger charge is -2.49. The van der Waals surface area contributed by atoms with Gasteiger partial charge in [0.25, 0.3) is 0 Å². The Morgan fingerprint density at radius 1 is 0.934 bits per heavy atom. The van der Waals surface area contributed by atoms with E-state index in [9.17, 15) is 30.0 Å². The maximum Gasteiger partial charge on any atom is 0.509 e. The van der Waals surface area contributed by atoms with Crippen LogP contribution in [0.5, 0.6) is 0 Å². The number of nitrogens with zero attached hydrogens (tertiary/aromatic N) is 1. The molecule has 350 valence electrons. The summed E-state index contributed by atoms with van der Waals surface area (Å²) in [5.74, 6) is -2.86. The molecule has 0 amide bonds. The minimum atomic E-state index is -1.84. The van der Waals surface area contributed by atoms with E-state index in [0.717, 1.165) is 5.56 Å². The van der Waals surface area contributed by atoms with Crippen molar-refractivity contribution >= 4 is 12.1 Å². The van der Waals surface area contributed by atoms with Crippen molar-refractivity contribution < 1.29 is 67.9 Å². The first-order chi connectivity index (χ1) is 28.4. The molecule has 16 heteroatoms. The van der Waals surface area contributed by atoms with Gasteiger partial charge in [0.05, 0.1) is 47.6 Å². The fourth-order valence-electron chi connectivity index (χ4n) is 9.33. The molecule has 0 saturated carbocycles. The van der Waals surface area contributed by atoms with Gasteiger partial charge in [-0.05, 0) is 99.9 Å². The number of esters is 1. The van der Waals surface area contributed by atoms with Gasteiger partial charge in [-0.2, -0.15) is 0 Å². The maximum atomic E-state index is 14.4. The van der Waals surface area contributed by atoms with Crippen LogP contribution in [0.2, 0.25) is 0 Å². The first kappa shape index (κ1) is 51.2. The highest BCUT2D eigenvalue weighted by Gasteiger charge is 2.53. The van der Waals surface area contributed by atoms with Crippen molar-refractivity contribution in [2.45, 2.75) is 192 Å². The second-order valence-electron chi connectivity index (χ2n) is 18.8. The SMILES string of the molecule is CCC1OC(=O)C(C)C(OC2CC(C)(OC)C(O)C(C)O2)C(C)C(OC2OC(C)CC(N(C)C)C2OC(=O)OCc2ccccc2)C(C)(O)CC(C)CNC(C)C(O)C1(C)O. The van der Waals surface area contributed by atoms with Gasteiger partial charge in [0.2, 0.25) is 0 Å². The molecule has 3 saturated heterocycles. The Labute approximate surface area is 362 Å². The number of rotatable bonds is 10. The second kappa shape index (κ2) is 21.5. The molecule has 18 atom stereocenters. The van der Waals surface area contributed by atoms with Crippen LogP contribution in [-0.2, 0) is 49.3 Å². The third-order valence-corrected chi connectivity index (χ3v) is 13.1. The number of aliphatic hydroxyl groups excluding tert-OH is 2. The number of nitrogens with one attached hydrogen (secondary N) is 1. The average molecular weight is 869 g/mol. The largest absolute Gasteiger partial charge is 0.509 e. The number of methoxy groups -OCH3 is 1. The summed E-state index contributed by atoms with van der Waals surface area (Å²) in [5, 5.41) is 50.2. The summed E-state index contributed by atoms with van der Waals surface area (Å²) in [7, 11) is 5.24. The van der Waals surface area contributed by atoms with Crippen LogP contribution in [0, 0.1) is 17.8 Å². The molecular formula is C45H76N2O14. The third-order valence-electron chi connectivity index (χ3n) is 13.1. The molecule has 0 aliphatic carbocycles. The van der Waals surface area contributed by atoms with Crippen molar-refractivity contribution in [3.8, 4) is 0 Å². The zero-order valence-electron chi connectivity index (χ0n) is 38.6. The van der Waals surface area contributed by atoms with Gasteiger partial charge in [-0.25, -0.2) is 4.79 Å². The lowest BCUT2D eigenvalue weighted by molar-refractivity contribution is -0.318. The topological polar surface area (TPSA) is 204 Å². The molecule has 0 bridgehead atoms. The summed E-state index contributed by atoms with van der Waals surface area (Å²) in [4.78, 5) is 29.7. The van der Waals surface area contributed by atoms with Gasteiger partial charge in [-0.1, -0.05) is 51.1 Å². The Morgan fingerprint density at radius 3 is 2.20 bits per heavy atom. The van der Waals surface area contributed by atoms with E-state index in [0.29, 0.717) is 13.0 Å². The molecule has 3 heterocycles. The fourth-order valence-corrected chi connectivity index (χ4v) is 9.33. The van der Waals surface area contributed by atoms with E-state index < -0.39 is 102 Å². The number of hydrogen-bond acceptors (Lipinski definition) is 16. The van der Waals surface area contributed by atoms with Crippen LogP contribution >= 0.6 is 0 Å². The number of carbonyl (C=O) groups is 2. The fraction of sp³-hybridized carbons (Fsp3) is 0.822. The van der Waals surface area contributed by atoms with Crippen LogP contribution < -0.4 is 5.32 Å². The van der Waals surface area contributed by atoms with Crippen LogP contribution in [-0.4, -0.2) is 155 Å². The number of aliphatic hydroxyl groups is 4. The van der Waals surface area contributed by atoms with E-state index in [-0.39, 0.29) is 43.9 Å². The summed E-state index contributed by atoms with van der Waals surface area (Å²) < 4.78 is 49.8. The Morgan fingerprint density at radius 2 is 1.59 bits per heavy atom. The van der Waals surface area contributed by atoms with Crippen LogP contribution in [0.25, 0.3) is 0 Å². The second-order valence-corrected chi connectivity index (χ2v) is 18.8. The molecular weight excluding hydrogens is 792 g/mol. The Kier molecular flexibility index (Phi) is 18.0. The van der Waals surface area contributed by atoms with Gasteiger partial charge in [0.1, 0.15) is 30.5 Å². The molecule has 0 radical (unpaired) electrons. The summed E-state index contributed by atoms with van der Waals surface area (Å²) in [5.41, 5.74) is -3.78. The molecule has 3 aliphatic rings. The Bertz CT molecular complexity index is 1530. The van der Waals surface area contributed by atoms with E-state index in [1.165, 1.54) is 14.0 Å². The van der Waals surface area contributed by atoms with Gasteiger partial charge in [-0.15, -0.1) is 0 Å². The Balaban J connectivity index is 1.81. The third kappa shape index (κ3) is 12.6. The van der Waals surface area contributed by atoms with Gasteiger partial charge >= 0.3 is 12.1 Å². The number of benzene rings is 1. The van der Waals surface area contributed by atoms with E-state index >= 15 is 0 Å². The summed E-state index contributed by atoms with van der Waals surface area (Å²) >= 11 is 0. The number of carbonyl (C=O) groups excluding carboxylic acids is 2. The molecule has 1 aromatic rings. The molecule has 1 aromatic carbocycles. The first-order valence-electron chi connectivity index (χ1n) is 21.9. The zero-order chi connectivity index (χ0) is 45.6. The van der Waals surface area contributed by atoms with E-state index in [1.54, 1.807) is 48.5 Å². The first-order valence-corrected chi connectivity index (χ1v) is 21.9. The average Bonchev–Trinajstić information content (AvgIpc) is 3.20. The Hall–Kier alpha value is -2.48. The minimum Gasteiger partial charge on any atom is -0.459 e. The lowest BCUT2D eigenvalue weighted by atomic mass is 9.77. The molecule has 16 nitrogen and oxygen atoms in total. The molecule has 0 aromatic heterocycles. The molecule has 0 spiro atoms. The summed E-state index contributed by atoms with van der Waals surface area (Å²) in [6, 6.07) is 8.22. The molecule has 3 aliphatic heterocycles. The van der Waals surface area contributed by atoms with Crippen molar-refractivity contribution in [2.75, 3.05) is 27.7 Å². The van der Waals surface area contributed by atoms with Crippen LogP contribution in [0.4, 0.5) is 4.79 Å². The van der Waals surface area contributed by atoms with Gasteiger partial charge in [0, 0.05) is 25.5 Å². The summed E-state index contributed by atoms with van der Waals surface area (Å²) in [6.45, 7) is 17.6. The minimum absolute atomic E-state index is 0.0138. The van der Waals surface area contributed by atoms with Gasteiger partial charge < -0.3 is 68.5 Å². The zero-order valence-corrected chi connectivity index (χ0v) is 38.6. The standard InChI is InChI=1S/C45H76N2O14/c1-14-33-45(10,53)37(48)29(6)46-23-25(2)21-43(8,52)39(27(4)35(28(5)40(50)58-33)59-34-22-44(9,54-13)38(49)30(7)57-34)61-41-36(32(47(11)12)20-26(3)56-41)60-42(51)55-24-31-18-16-15-17-19-31/h15-19,25-30,32-39,41,46,48-49,52-53H,14,20-24H2,1-13H3. The number of ether oxygens (including phenoxy) is 8. The van der Waals surface area contributed by atoms with Gasteiger partial charge in [-0.3, -0.25) is 4.79 Å². The van der Waals surface area contributed by atoms with Crippen molar-refractivity contribution in [1.29, 1.82) is 0 Å². The summed E-state index contributed by atoms with van der Waals surface area (Å²) in [6.07, 6.45) is -9.94. The predicted molar refractivity (Wildman–Crippen MR) is 225 cm³/mol. The van der Waals surface area contributed by atoms with Crippen molar-refractivity contribution in [3.63, 3.8) is 0 Å². The normalized spacial score (nSPS) is 43.4. The molecule has 18 unspecified atom stereocenters. The smallest absolute Gasteiger partial charge is 0.459 e. The van der Waals surface area contributed by atoms with Crippen molar-refractivity contribution in [2.24, 2.45) is 17.8 Å². The predicted octanol–water partition coefficient (Wildman–Crippen LogP) is 3.92. The van der Waals surface area contributed by atoms with Crippen molar-refractivity contribution in [1.82, 2.24) is 10.2 Å². The monoisotopic (exact) mass is 869 g/mol. The lowest BCUT2D eigenvalue weighted by Crippen LogP contribution is -2.61. The van der Waals surface area contributed by atoms with Gasteiger partial charge in [0.15, 0.2) is 18.7 Å². The highest BCUT2D eigenvalue weighted by atomic mass is 16.8. The van der Waals surface area contributed by atoms with Crippen molar-refractivity contribution in [3.05, 3.63) is 35.9 Å². The molecule has 4 rings (SSSR count). The quantitative estimate of drug-likeness (QED) is 0.212. The molecule has 61 heavy (non-hydrogen) atoms. The highest BCUT2D eigenvalue weighted by Crippen LogP contribution is 2.40. The van der Waals surface area contributed by atoms with E-state index in [2.05, 4.69) is 5.32 Å². The maximum absolute atomic E-state index is 14.4. The highest BCUT2D eigenvalue weighted by molar-refractivity contribution is 5.73.